The third kappa shape index (κ3) is 5.17. The van der Waals surface area contributed by atoms with E-state index in [4.69, 9.17) is 11.6 Å². The molecule has 0 radical (unpaired) electrons. The first-order valence-electron chi connectivity index (χ1n) is 6.86. The van der Waals surface area contributed by atoms with Crippen LogP contribution in [0.3, 0.4) is 0 Å². The highest BCUT2D eigenvalue weighted by Gasteiger charge is 2.31. The molecule has 24 heavy (non-hydrogen) atoms. The highest BCUT2D eigenvalue weighted by atomic mass is 35.5. The quantitative estimate of drug-likeness (QED) is 0.734. The van der Waals surface area contributed by atoms with Gasteiger partial charge in [0, 0.05) is 19.3 Å². The first-order valence-corrected chi connectivity index (χ1v) is 8.39. The van der Waals surface area contributed by atoms with Crippen LogP contribution in [0.5, 0.6) is 0 Å². The lowest BCUT2D eigenvalue weighted by molar-refractivity contribution is -0.137. The average Bonchev–Trinajstić information content (AvgIpc) is 2.89. The lowest BCUT2D eigenvalue weighted by Gasteiger charge is -2.14. The molecule has 0 saturated carbocycles. The zero-order valence-corrected chi connectivity index (χ0v) is 13.9. The van der Waals surface area contributed by atoms with E-state index >= 15 is 0 Å². The maximum Gasteiger partial charge on any atom is 0.417 e. The fourth-order valence-electron chi connectivity index (χ4n) is 1.88. The van der Waals surface area contributed by atoms with Crippen molar-refractivity contribution in [3.63, 3.8) is 0 Å². The molecule has 0 unspecified atom stereocenters. The number of nitrogens with one attached hydrogen (secondary N) is 2. The molecular formula is C13H14ClF3N4O2S. The van der Waals surface area contributed by atoms with Crippen LogP contribution in [0.1, 0.15) is 5.56 Å². The molecule has 1 aromatic rings. The number of thioether (sulfide) groups is 1. The van der Waals surface area contributed by atoms with Crippen molar-refractivity contribution in [2.45, 2.75) is 6.18 Å². The van der Waals surface area contributed by atoms with Gasteiger partial charge in [-0.2, -0.15) is 13.2 Å². The van der Waals surface area contributed by atoms with Crippen LogP contribution in [-0.2, 0) is 15.8 Å². The Morgan fingerprint density at radius 2 is 2.17 bits per heavy atom. The average molecular weight is 383 g/mol. The summed E-state index contributed by atoms with van der Waals surface area (Å²) in [4.78, 5) is 28.1. The van der Waals surface area contributed by atoms with Gasteiger partial charge >= 0.3 is 6.18 Å². The number of nitrogens with zero attached hydrogens (tertiary/aromatic N) is 2. The minimum Gasteiger partial charge on any atom is -0.367 e. The van der Waals surface area contributed by atoms with Gasteiger partial charge in [0.2, 0.25) is 11.8 Å². The number of alkyl halides is 3. The van der Waals surface area contributed by atoms with E-state index in [1.54, 1.807) is 0 Å². The Morgan fingerprint density at radius 3 is 2.75 bits per heavy atom. The van der Waals surface area contributed by atoms with E-state index in [2.05, 4.69) is 15.6 Å². The SMILES string of the molecule is O=C(CN1CSCC1=O)NCCNc1ncc(C(F)(F)F)cc1Cl. The molecule has 1 aliphatic rings. The molecule has 6 nitrogen and oxygen atoms in total. The van der Waals surface area contributed by atoms with Crippen LogP contribution < -0.4 is 10.6 Å². The molecule has 11 heteroatoms. The van der Waals surface area contributed by atoms with E-state index in [9.17, 15) is 22.8 Å². The third-order valence-electron chi connectivity index (χ3n) is 3.07. The Hall–Kier alpha value is -1.68. The highest BCUT2D eigenvalue weighted by molar-refractivity contribution is 8.00. The molecule has 0 aromatic carbocycles. The zero-order valence-electron chi connectivity index (χ0n) is 12.3. The van der Waals surface area contributed by atoms with E-state index in [0.29, 0.717) is 17.8 Å². The summed E-state index contributed by atoms with van der Waals surface area (Å²) in [5.41, 5.74) is -0.931. The highest BCUT2D eigenvalue weighted by Crippen LogP contribution is 2.32. The predicted molar refractivity (Wildman–Crippen MR) is 84.8 cm³/mol. The molecule has 132 valence electrons. The summed E-state index contributed by atoms with van der Waals surface area (Å²) < 4.78 is 37.5. The maximum absolute atomic E-state index is 12.5. The van der Waals surface area contributed by atoms with Crippen LogP contribution in [0.4, 0.5) is 19.0 Å². The summed E-state index contributed by atoms with van der Waals surface area (Å²) in [6, 6.07) is 0.784. The van der Waals surface area contributed by atoms with Gasteiger partial charge in [0.25, 0.3) is 0 Å². The van der Waals surface area contributed by atoms with Gasteiger partial charge in [-0.25, -0.2) is 4.98 Å². The largest absolute Gasteiger partial charge is 0.417 e. The molecule has 2 amide bonds. The standard InChI is InChI=1S/C13H14ClF3N4O2S/c14-9-3-8(13(15,16)17)4-20-12(9)19-2-1-18-10(22)5-21-7-24-6-11(21)23/h3-4H,1-2,5-7H2,(H,18,22)(H,19,20). The molecule has 0 aliphatic carbocycles. The van der Waals surface area contributed by atoms with Crippen LogP contribution in [-0.4, -0.2) is 53.0 Å². The van der Waals surface area contributed by atoms with Gasteiger partial charge in [-0.15, -0.1) is 11.8 Å². The minimum absolute atomic E-state index is 0.00881. The number of carbonyl (C=O) groups excluding carboxylic acids is 2. The van der Waals surface area contributed by atoms with Crippen LogP contribution in [0.15, 0.2) is 12.3 Å². The molecule has 1 fully saturated rings. The fourth-order valence-corrected chi connectivity index (χ4v) is 3.01. The number of amides is 2. The van der Waals surface area contributed by atoms with Crippen molar-refractivity contribution in [3.8, 4) is 0 Å². The van der Waals surface area contributed by atoms with Gasteiger partial charge in [-0.05, 0) is 6.07 Å². The lowest BCUT2D eigenvalue weighted by atomic mass is 10.3. The Labute approximate surface area is 145 Å². The number of hydrogen-bond acceptors (Lipinski definition) is 5. The second-order valence-corrected chi connectivity index (χ2v) is 6.26. The summed E-state index contributed by atoms with van der Waals surface area (Å²) >= 11 is 7.19. The molecular weight excluding hydrogens is 369 g/mol. The van der Waals surface area contributed by atoms with Crippen molar-refractivity contribution >= 4 is 41.0 Å². The van der Waals surface area contributed by atoms with Crippen molar-refractivity contribution < 1.29 is 22.8 Å². The van der Waals surface area contributed by atoms with E-state index < -0.39 is 11.7 Å². The molecule has 0 bridgehead atoms. The van der Waals surface area contributed by atoms with E-state index in [1.807, 2.05) is 0 Å². The maximum atomic E-state index is 12.5. The van der Waals surface area contributed by atoms with Gasteiger partial charge in [-0.1, -0.05) is 11.6 Å². The predicted octanol–water partition coefficient (Wildman–Crippen LogP) is 1.81. The first kappa shape index (κ1) is 18.7. The molecule has 0 atom stereocenters. The number of pyridine rings is 1. The number of rotatable bonds is 6. The summed E-state index contributed by atoms with van der Waals surface area (Å²) in [5.74, 6) is 0.598. The normalized spacial score (nSPS) is 14.8. The number of hydrogen-bond donors (Lipinski definition) is 2. The molecule has 1 aromatic heterocycles. The van der Waals surface area contributed by atoms with Crippen molar-refractivity contribution in [3.05, 3.63) is 22.8 Å². The first-order chi connectivity index (χ1) is 11.3. The molecule has 2 N–H and O–H groups in total. The van der Waals surface area contributed by atoms with Crippen LogP contribution in [0.25, 0.3) is 0 Å². The topological polar surface area (TPSA) is 74.3 Å². The summed E-state index contributed by atoms with van der Waals surface area (Å²) in [5, 5.41) is 5.18. The van der Waals surface area contributed by atoms with Crippen LogP contribution >= 0.6 is 23.4 Å². The van der Waals surface area contributed by atoms with Gasteiger partial charge < -0.3 is 15.5 Å². The number of halogens is 4. The van der Waals surface area contributed by atoms with Crippen molar-refractivity contribution in [1.82, 2.24) is 15.2 Å². The van der Waals surface area contributed by atoms with Gasteiger partial charge in [-0.3, -0.25) is 9.59 Å². The Balaban J connectivity index is 1.74. The molecule has 1 aliphatic heterocycles. The summed E-state index contributed by atoms with van der Waals surface area (Å²) in [7, 11) is 0. The van der Waals surface area contributed by atoms with Gasteiger partial charge in [0.15, 0.2) is 0 Å². The van der Waals surface area contributed by atoms with E-state index in [0.717, 1.165) is 6.07 Å². The second kappa shape index (κ2) is 7.93. The monoisotopic (exact) mass is 382 g/mol. The number of anilines is 1. The van der Waals surface area contributed by atoms with Crippen LogP contribution in [0, 0.1) is 0 Å². The molecule has 2 rings (SSSR count). The van der Waals surface area contributed by atoms with Crippen LogP contribution in [0.2, 0.25) is 5.02 Å². The van der Waals surface area contributed by atoms with Crippen molar-refractivity contribution in [2.24, 2.45) is 0 Å². The Morgan fingerprint density at radius 1 is 1.42 bits per heavy atom. The summed E-state index contributed by atoms with van der Waals surface area (Å²) in [6.45, 7) is 0.435. The lowest BCUT2D eigenvalue weighted by Crippen LogP contribution is -2.39. The third-order valence-corrected chi connectivity index (χ3v) is 4.30. The van der Waals surface area contributed by atoms with Gasteiger partial charge in [0.1, 0.15) is 12.4 Å². The zero-order chi connectivity index (χ0) is 17.7. The molecule has 2 heterocycles. The number of aromatic nitrogens is 1. The molecule has 0 spiro atoms. The Bertz CT molecular complexity index is 630. The van der Waals surface area contributed by atoms with E-state index in [1.165, 1.54) is 16.7 Å². The second-order valence-electron chi connectivity index (χ2n) is 4.90. The van der Waals surface area contributed by atoms with Gasteiger partial charge in [0.05, 0.1) is 22.2 Å². The minimum atomic E-state index is -4.51. The smallest absolute Gasteiger partial charge is 0.367 e. The fraction of sp³-hybridized carbons (Fsp3) is 0.462. The summed E-state index contributed by atoms with van der Waals surface area (Å²) in [6.07, 6.45) is -3.82. The van der Waals surface area contributed by atoms with Crippen molar-refractivity contribution in [2.75, 3.05) is 36.6 Å². The number of carbonyl (C=O) groups is 2. The van der Waals surface area contributed by atoms with Crippen molar-refractivity contribution in [1.29, 1.82) is 0 Å². The Kier molecular flexibility index (Phi) is 6.16. The molecule has 1 saturated heterocycles. The van der Waals surface area contributed by atoms with E-state index in [-0.39, 0.29) is 42.3 Å².